The lowest BCUT2D eigenvalue weighted by Gasteiger charge is -2.37. The van der Waals surface area contributed by atoms with Crippen LogP contribution in [-0.2, 0) is 19.0 Å². The van der Waals surface area contributed by atoms with Crippen LogP contribution in [0.2, 0.25) is 5.02 Å². The summed E-state index contributed by atoms with van der Waals surface area (Å²) in [5.41, 5.74) is 0.241. The first-order valence-corrected chi connectivity index (χ1v) is 12.5. The topological polar surface area (TPSA) is 94.1 Å². The van der Waals surface area contributed by atoms with E-state index in [-0.39, 0.29) is 47.7 Å². The van der Waals surface area contributed by atoms with Crippen molar-refractivity contribution >= 4 is 29.2 Å². The molecule has 10 heteroatoms. The minimum absolute atomic E-state index is 0.0252. The van der Waals surface area contributed by atoms with E-state index in [4.69, 9.17) is 25.8 Å². The molecular weight excluding hydrogens is 508 g/mol. The molecule has 7 nitrogen and oxygen atoms in total. The Morgan fingerprint density at radius 1 is 1.11 bits per heavy atom. The third kappa shape index (κ3) is 5.79. The highest BCUT2D eigenvalue weighted by Crippen LogP contribution is 2.46. The van der Waals surface area contributed by atoms with Crippen molar-refractivity contribution in [2.45, 2.75) is 38.1 Å². The summed E-state index contributed by atoms with van der Waals surface area (Å²) in [6, 6.07) is 8.22. The van der Waals surface area contributed by atoms with Gasteiger partial charge >= 0.3 is 6.16 Å². The summed E-state index contributed by atoms with van der Waals surface area (Å²) >= 11 is 6.51. The number of amides is 1. The van der Waals surface area contributed by atoms with Crippen LogP contribution in [0.3, 0.4) is 0 Å². The maximum atomic E-state index is 13.9. The number of hydrogen-bond donors (Lipinski definition) is 2. The van der Waals surface area contributed by atoms with Gasteiger partial charge in [0.25, 0.3) is 5.91 Å². The summed E-state index contributed by atoms with van der Waals surface area (Å²) in [5, 5.41) is 12.8. The third-order valence-electron chi connectivity index (χ3n) is 6.78. The van der Waals surface area contributed by atoms with Crippen LogP contribution >= 0.6 is 11.6 Å². The van der Waals surface area contributed by atoms with Gasteiger partial charge in [0.2, 0.25) is 0 Å². The SMILES string of the molecule is CCOCCOC(=O)OC1=C(c2cc(-c3ccc(F)c(F)c3)ccc2Cl)C(=O)NC12CCC(CO)CC2. The second kappa shape index (κ2) is 11.6. The van der Waals surface area contributed by atoms with Crippen molar-refractivity contribution in [2.75, 3.05) is 26.4 Å². The summed E-state index contributed by atoms with van der Waals surface area (Å²) in [5.74, 6) is -2.30. The summed E-state index contributed by atoms with van der Waals surface area (Å²) in [6.07, 6.45) is 1.11. The normalized spacial score (nSPS) is 21.3. The van der Waals surface area contributed by atoms with Crippen LogP contribution in [0.1, 0.15) is 38.2 Å². The maximum absolute atomic E-state index is 13.9. The van der Waals surface area contributed by atoms with Crippen molar-refractivity contribution < 1.29 is 37.7 Å². The fourth-order valence-electron chi connectivity index (χ4n) is 4.79. The Balaban J connectivity index is 1.75. The summed E-state index contributed by atoms with van der Waals surface area (Å²) in [6.45, 7) is 2.48. The molecule has 37 heavy (non-hydrogen) atoms. The highest BCUT2D eigenvalue weighted by atomic mass is 35.5. The van der Waals surface area contributed by atoms with Gasteiger partial charge in [-0.05, 0) is 73.9 Å². The Hall–Kier alpha value is -3.01. The number of benzene rings is 2. The first-order valence-electron chi connectivity index (χ1n) is 12.1. The molecule has 0 bridgehead atoms. The number of aliphatic hydroxyl groups is 1. The van der Waals surface area contributed by atoms with Crippen LogP contribution in [0.4, 0.5) is 13.6 Å². The van der Waals surface area contributed by atoms with Crippen molar-refractivity contribution in [3.05, 3.63) is 64.4 Å². The maximum Gasteiger partial charge on any atom is 0.513 e. The van der Waals surface area contributed by atoms with Crippen LogP contribution < -0.4 is 5.32 Å². The first kappa shape index (κ1) is 27.0. The molecular formula is C27H28ClF2NO6. The molecule has 2 N–H and O–H groups in total. The molecule has 0 radical (unpaired) electrons. The van der Waals surface area contributed by atoms with E-state index in [1.54, 1.807) is 18.2 Å². The van der Waals surface area contributed by atoms with Gasteiger partial charge in [-0.25, -0.2) is 13.6 Å². The lowest BCUT2D eigenvalue weighted by atomic mass is 9.76. The molecule has 1 amide bonds. The van der Waals surface area contributed by atoms with E-state index in [1.165, 1.54) is 6.07 Å². The van der Waals surface area contributed by atoms with Crippen LogP contribution in [-0.4, -0.2) is 49.1 Å². The van der Waals surface area contributed by atoms with Gasteiger partial charge in [-0.2, -0.15) is 0 Å². The van der Waals surface area contributed by atoms with Gasteiger partial charge in [-0.3, -0.25) is 4.79 Å². The Kier molecular flexibility index (Phi) is 8.46. The molecule has 4 rings (SSSR count). The van der Waals surface area contributed by atoms with E-state index >= 15 is 0 Å². The van der Waals surface area contributed by atoms with Crippen molar-refractivity contribution in [3.63, 3.8) is 0 Å². The average molecular weight is 536 g/mol. The van der Waals surface area contributed by atoms with E-state index in [0.29, 0.717) is 43.4 Å². The molecule has 1 aliphatic carbocycles. The van der Waals surface area contributed by atoms with Gasteiger partial charge in [0.05, 0.1) is 17.7 Å². The lowest BCUT2D eigenvalue weighted by Crippen LogP contribution is -2.48. The monoisotopic (exact) mass is 535 g/mol. The average Bonchev–Trinajstić information content (AvgIpc) is 3.14. The van der Waals surface area contributed by atoms with Crippen molar-refractivity contribution in [2.24, 2.45) is 5.92 Å². The summed E-state index contributed by atoms with van der Waals surface area (Å²) in [7, 11) is 0. The highest BCUT2D eigenvalue weighted by molar-refractivity contribution is 6.36. The molecule has 2 aliphatic rings. The summed E-state index contributed by atoms with van der Waals surface area (Å²) in [4.78, 5) is 26.0. The zero-order valence-corrected chi connectivity index (χ0v) is 21.1. The number of carbonyl (C=O) groups excluding carboxylic acids is 2. The van der Waals surface area contributed by atoms with Crippen molar-refractivity contribution in [1.82, 2.24) is 5.32 Å². The van der Waals surface area contributed by atoms with E-state index in [2.05, 4.69) is 5.32 Å². The molecule has 1 heterocycles. The Labute approximate surface area is 218 Å². The molecule has 2 aromatic rings. The fourth-order valence-corrected chi connectivity index (χ4v) is 5.00. The quantitative estimate of drug-likeness (QED) is 0.355. The van der Waals surface area contributed by atoms with E-state index in [1.807, 2.05) is 6.92 Å². The summed E-state index contributed by atoms with van der Waals surface area (Å²) < 4.78 is 43.4. The van der Waals surface area contributed by atoms with Crippen LogP contribution in [0, 0.1) is 17.6 Å². The van der Waals surface area contributed by atoms with Gasteiger partial charge in [0.1, 0.15) is 6.61 Å². The Morgan fingerprint density at radius 3 is 2.49 bits per heavy atom. The van der Waals surface area contributed by atoms with Crippen molar-refractivity contribution in [3.8, 4) is 11.1 Å². The number of hydrogen-bond acceptors (Lipinski definition) is 6. The second-order valence-corrected chi connectivity index (χ2v) is 9.49. The number of rotatable bonds is 8. The van der Waals surface area contributed by atoms with Gasteiger partial charge in [-0.1, -0.05) is 23.7 Å². The molecule has 0 saturated heterocycles. The zero-order chi connectivity index (χ0) is 26.6. The third-order valence-corrected chi connectivity index (χ3v) is 7.11. The number of aliphatic hydroxyl groups excluding tert-OH is 1. The van der Waals surface area contributed by atoms with Gasteiger partial charge in [0, 0.05) is 23.8 Å². The molecule has 0 atom stereocenters. The van der Waals surface area contributed by atoms with Gasteiger partial charge < -0.3 is 24.6 Å². The van der Waals surface area contributed by atoms with E-state index < -0.39 is 29.2 Å². The smallest absolute Gasteiger partial charge is 0.432 e. The molecule has 1 fully saturated rings. The Bertz CT molecular complexity index is 1210. The molecule has 1 saturated carbocycles. The number of halogens is 3. The fraction of sp³-hybridized carbons (Fsp3) is 0.407. The second-order valence-electron chi connectivity index (χ2n) is 9.09. The minimum Gasteiger partial charge on any atom is -0.432 e. The molecule has 1 spiro atoms. The minimum atomic E-state index is -1.01. The number of nitrogens with one attached hydrogen (secondary N) is 1. The Morgan fingerprint density at radius 2 is 1.81 bits per heavy atom. The molecule has 198 valence electrons. The van der Waals surface area contributed by atoms with Crippen LogP contribution in [0.5, 0.6) is 0 Å². The first-order chi connectivity index (χ1) is 17.8. The predicted octanol–water partition coefficient (Wildman–Crippen LogP) is 5.24. The van der Waals surface area contributed by atoms with E-state index in [0.717, 1.165) is 12.1 Å². The lowest BCUT2D eigenvalue weighted by molar-refractivity contribution is -0.116. The molecule has 0 unspecified atom stereocenters. The number of carbonyl (C=O) groups is 2. The predicted molar refractivity (Wildman–Crippen MR) is 133 cm³/mol. The standard InChI is InChI=1S/C27H28ClF2NO6/c1-2-35-11-12-36-26(34)37-24-23(25(33)31-27(24)9-7-16(15-32)8-10-27)19-13-17(3-5-20(19)28)18-4-6-21(29)22(30)14-18/h3-6,13-14,16,32H,2,7-12,15H2,1H3,(H,31,33). The zero-order valence-electron chi connectivity index (χ0n) is 20.3. The molecule has 0 aromatic heterocycles. The van der Waals surface area contributed by atoms with Gasteiger partial charge in [-0.15, -0.1) is 0 Å². The largest absolute Gasteiger partial charge is 0.513 e. The van der Waals surface area contributed by atoms with Crippen LogP contribution in [0.25, 0.3) is 16.7 Å². The van der Waals surface area contributed by atoms with Gasteiger partial charge in [0.15, 0.2) is 17.4 Å². The van der Waals surface area contributed by atoms with Crippen molar-refractivity contribution in [1.29, 1.82) is 0 Å². The number of ether oxygens (including phenoxy) is 3. The van der Waals surface area contributed by atoms with E-state index in [9.17, 15) is 23.5 Å². The molecule has 1 aliphatic heterocycles. The van der Waals surface area contributed by atoms with Crippen LogP contribution in [0.15, 0.2) is 42.2 Å². The highest BCUT2D eigenvalue weighted by Gasteiger charge is 2.50. The molecule has 2 aromatic carbocycles.